The van der Waals surface area contributed by atoms with Crippen LogP contribution in [0.1, 0.15) is 18.4 Å². The van der Waals surface area contributed by atoms with Crippen LogP contribution in [0.15, 0.2) is 24.3 Å². The van der Waals surface area contributed by atoms with E-state index in [9.17, 15) is 9.59 Å². The third-order valence-electron chi connectivity index (χ3n) is 3.39. The standard InChI is InChI=1S/C13H16N2O4/c14-9-3-1-8(2-4-9)13(5-6-13)12(19)15-7-10(16)11(17)18/h1-4,10,16H,5-7,14H2,(H,15,19)(H,17,18). The number of carboxylic acids is 1. The van der Waals surface area contributed by atoms with Gasteiger partial charge in [-0.1, -0.05) is 12.1 Å². The van der Waals surface area contributed by atoms with Crippen molar-refractivity contribution in [2.24, 2.45) is 0 Å². The van der Waals surface area contributed by atoms with E-state index in [1.54, 1.807) is 24.3 Å². The number of carbonyl (C=O) groups is 2. The molecule has 1 aromatic carbocycles. The van der Waals surface area contributed by atoms with E-state index in [-0.39, 0.29) is 12.5 Å². The van der Waals surface area contributed by atoms with Gasteiger partial charge in [0.25, 0.3) is 0 Å². The summed E-state index contributed by atoms with van der Waals surface area (Å²) in [5.41, 5.74) is 6.50. The van der Waals surface area contributed by atoms with Crippen molar-refractivity contribution < 1.29 is 19.8 Å². The Morgan fingerprint density at radius 3 is 2.37 bits per heavy atom. The quantitative estimate of drug-likeness (QED) is 0.553. The predicted molar refractivity (Wildman–Crippen MR) is 68.4 cm³/mol. The molecule has 6 heteroatoms. The normalized spacial score (nSPS) is 17.5. The third-order valence-corrected chi connectivity index (χ3v) is 3.39. The van der Waals surface area contributed by atoms with Crippen LogP contribution in [0.25, 0.3) is 0 Å². The Labute approximate surface area is 110 Å². The number of carboxylic acid groups (broad SMARTS) is 1. The van der Waals surface area contributed by atoms with Crippen LogP contribution in [-0.4, -0.2) is 34.7 Å². The number of rotatable bonds is 5. The summed E-state index contributed by atoms with van der Waals surface area (Å²) in [4.78, 5) is 22.6. The van der Waals surface area contributed by atoms with E-state index in [0.717, 1.165) is 5.56 Å². The summed E-state index contributed by atoms with van der Waals surface area (Å²) in [5, 5.41) is 20.2. The minimum absolute atomic E-state index is 0.252. The number of hydrogen-bond donors (Lipinski definition) is 4. The van der Waals surface area contributed by atoms with Crippen LogP contribution in [0.5, 0.6) is 0 Å². The maximum atomic E-state index is 12.1. The van der Waals surface area contributed by atoms with Gasteiger partial charge in [0, 0.05) is 5.69 Å². The highest BCUT2D eigenvalue weighted by molar-refractivity contribution is 5.91. The first-order chi connectivity index (χ1) is 8.95. The monoisotopic (exact) mass is 264 g/mol. The lowest BCUT2D eigenvalue weighted by atomic mass is 9.94. The SMILES string of the molecule is Nc1ccc(C2(C(=O)NCC(O)C(=O)O)CC2)cc1. The summed E-state index contributed by atoms with van der Waals surface area (Å²) < 4.78 is 0. The number of carbonyl (C=O) groups excluding carboxylic acids is 1. The van der Waals surface area contributed by atoms with Gasteiger partial charge in [0.1, 0.15) is 0 Å². The van der Waals surface area contributed by atoms with Gasteiger partial charge >= 0.3 is 5.97 Å². The zero-order chi connectivity index (χ0) is 14.0. The van der Waals surface area contributed by atoms with Crippen molar-refractivity contribution >= 4 is 17.6 Å². The van der Waals surface area contributed by atoms with Gasteiger partial charge in [-0.15, -0.1) is 0 Å². The van der Waals surface area contributed by atoms with E-state index in [1.165, 1.54) is 0 Å². The van der Waals surface area contributed by atoms with E-state index < -0.39 is 17.5 Å². The molecular formula is C13H16N2O4. The van der Waals surface area contributed by atoms with Gasteiger partial charge in [-0.2, -0.15) is 0 Å². The zero-order valence-electron chi connectivity index (χ0n) is 10.3. The van der Waals surface area contributed by atoms with Crippen molar-refractivity contribution in [3.8, 4) is 0 Å². The summed E-state index contributed by atoms with van der Waals surface area (Å²) >= 11 is 0. The third kappa shape index (κ3) is 2.68. The fourth-order valence-electron chi connectivity index (χ4n) is 2.02. The van der Waals surface area contributed by atoms with Crippen LogP contribution in [-0.2, 0) is 15.0 Å². The molecule has 1 aliphatic rings. The van der Waals surface area contributed by atoms with E-state index in [0.29, 0.717) is 18.5 Å². The van der Waals surface area contributed by atoms with Crippen molar-refractivity contribution in [3.05, 3.63) is 29.8 Å². The van der Waals surface area contributed by atoms with Crippen LogP contribution in [0, 0.1) is 0 Å². The molecule has 0 bridgehead atoms. The highest BCUT2D eigenvalue weighted by Gasteiger charge is 2.51. The average Bonchev–Trinajstić information content (AvgIpc) is 3.17. The van der Waals surface area contributed by atoms with Gasteiger partial charge in [0.2, 0.25) is 5.91 Å². The highest BCUT2D eigenvalue weighted by atomic mass is 16.4. The van der Waals surface area contributed by atoms with Crippen molar-refractivity contribution in [2.45, 2.75) is 24.4 Å². The molecule has 6 nitrogen and oxygen atoms in total. The first kappa shape index (κ1) is 13.4. The Morgan fingerprint density at radius 2 is 1.89 bits per heavy atom. The predicted octanol–water partition coefficient (Wildman–Crippen LogP) is -0.138. The molecular weight excluding hydrogens is 248 g/mol. The molecule has 1 fully saturated rings. The lowest BCUT2D eigenvalue weighted by Gasteiger charge is -2.16. The van der Waals surface area contributed by atoms with Gasteiger partial charge in [-0.05, 0) is 30.5 Å². The van der Waals surface area contributed by atoms with E-state index >= 15 is 0 Å². The Hall–Kier alpha value is -2.08. The summed E-state index contributed by atoms with van der Waals surface area (Å²) in [6.07, 6.45) is -0.149. The van der Waals surface area contributed by atoms with Gasteiger partial charge in [0.15, 0.2) is 6.10 Å². The number of anilines is 1. The molecule has 1 saturated carbocycles. The molecule has 19 heavy (non-hydrogen) atoms. The first-order valence-electron chi connectivity index (χ1n) is 6.01. The Balaban J connectivity index is 2.02. The molecule has 1 unspecified atom stereocenters. The molecule has 1 amide bonds. The number of aliphatic hydroxyl groups excluding tert-OH is 1. The molecule has 102 valence electrons. The number of nitrogens with two attached hydrogens (primary N) is 1. The van der Waals surface area contributed by atoms with Crippen LogP contribution >= 0.6 is 0 Å². The van der Waals surface area contributed by atoms with Gasteiger partial charge < -0.3 is 21.3 Å². The number of amides is 1. The Kier molecular flexibility index (Phi) is 3.44. The molecule has 0 aliphatic heterocycles. The first-order valence-corrected chi connectivity index (χ1v) is 6.01. The van der Waals surface area contributed by atoms with Crippen LogP contribution < -0.4 is 11.1 Å². The molecule has 1 aliphatic carbocycles. The number of aliphatic hydroxyl groups is 1. The lowest BCUT2D eigenvalue weighted by Crippen LogP contribution is -2.41. The molecule has 0 radical (unpaired) electrons. The van der Waals surface area contributed by atoms with Gasteiger partial charge in [0.05, 0.1) is 12.0 Å². The molecule has 0 saturated heterocycles. The zero-order valence-corrected chi connectivity index (χ0v) is 10.3. The number of nitrogens with one attached hydrogen (secondary N) is 1. The van der Waals surface area contributed by atoms with Gasteiger partial charge in [-0.25, -0.2) is 4.79 Å². The summed E-state index contributed by atoms with van der Waals surface area (Å²) in [5.74, 6) is -1.60. The Bertz CT molecular complexity index is 494. The smallest absolute Gasteiger partial charge is 0.334 e. The minimum atomic E-state index is -1.58. The second kappa shape index (κ2) is 4.89. The van der Waals surface area contributed by atoms with Crippen LogP contribution in [0.2, 0.25) is 0 Å². The second-order valence-electron chi connectivity index (χ2n) is 4.77. The Morgan fingerprint density at radius 1 is 1.32 bits per heavy atom. The molecule has 0 spiro atoms. The summed E-state index contributed by atoms with van der Waals surface area (Å²) in [7, 11) is 0. The topological polar surface area (TPSA) is 113 Å². The molecule has 1 aromatic rings. The van der Waals surface area contributed by atoms with Crippen molar-refractivity contribution in [1.82, 2.24) is 5.32 Å². The minimum Gasteiger partial charge on any atom is -0.479 e. The van der Waals surface area contributed by atoms with E-state index in [1.807, 2.05) is 0 Å². The van der Waals surface area contributed by atoms with Crippen LogP contribution in [0.3, 0.4) is 0 Å². The molecule has 0 aromatic heterocycles. The van der Waals surface area contributed by atoms with Crippen molar-refractivity contribution in [3.63, 3.8) is 0 Å². The number of benzene rings is 1. The highest BCUT2D eigenvalue weighted by Crippen LogP contribution is 2.48. The largest absolute Gasteiger partial charge is 0.479 e. The maximum Gasteiger partial charge on any atom is 0.334 e. The van der Waals surface area contributed by atoms with Crippen molar-refractivity contribution in [1.29, 1.82) is 0 Å². The summed E-state index contributed by atoms with van der Waals surface area (Å²) in [6.45, 7) is -0.287. The molecule has 0 heterocycles. The van der Waals surface area contributed by atoms with Crippen LogP contribution in [0.4, 0.5) is 5.69 Å². The van der Waals surface area contributed by atoms with Gasteiger partial charge in [-0.3, -0.25) is 4.79 Å². The number of hydrogen-bond acceptors (Lipinski definition) is 4. The fraction of sp³-hybridized carbons (Fsp3) is 0.385. The lowest BCUT2D eigenvalue weighted by molar-refractivity contribution is -0.146. The molecule has 5 N–H and O–H groups in total. The van der Waals surface area contributed by atoms with E-state index in [4.69, 9.17) is 15.9 Å². The second-order valence-corrected chi connectivity index (χ2v) is 4.77. The average molecular weight is 264 g/mol. The fourth-order valence-corrected chi connectivity index (χ4v) is 2.02. The summed E-state index contributed by atoms with van der Waals surface area (Å²) in [6, 6.07) is 7.06. The van der Waals surface area contributed by atoms with Crippen molar-refractivity contribution in [2.75, 3.05) is 12.3 Å². The number of nitrogen functional groups attached to an aromatic ring is 1. The molecule has 1 atom stereocenters. The molecule has 2 rings (SSSR count). The van der Waals surface area contributed by atoms with E-state index in [2.05, 4.69) is 5.32 Å². The number of aliphatic carboxylic acids is 1. The maximum absolute atomic E-state index is 12.1.